The molecule has 0 bridgehead atoms. The average Bonchev–Trinajstić information content (AvgIpc) is 2.63. The van der Waals surface area contributed by atoms with Crippen molar-refractivity contribution in [3.8, 4) is 0 Å². The van der Waals surface area contributed by atoms with Gasteiger partial charge in [-0.25, -0.2) is 4.79 Å². The lowest BCUT2D eigenvalue weighted by molar-refractivity contribution is -0.125. The third-order valence-corrected chi connectivity index (χ3v) is 3.61. The molecule has 0 radical (unpaired) electrons. The van der Waals surface area contributed by atoms with Gasteiger partial charge in [-0.15, -0.1) is 0 Å². The van der Waals surface area contributed by atoms with Gasteiger partial charge in [-0.1, -0.05) is 5.11 Å². The van der Waals surface area contributed by atoms with Crippen LogP contribution in [-0.4, -0.2) is 49.4 Å². The van der Waals surface area contributed by atoms with Crippen LogP contribution >= 0.6 is 0 Å². The maximum Gasteiger partial charge on any atom is 0.410 e. The molecule has 7 heteroatoms. The fraction of sp³-hybridized carbons (Fsp3) is 0.917. The second-order valence-electron chi connectivity index (χ2n) is 6.33. The van der Waals surface area contributed by atoms with Gasteiger partial charge in [0.1, 0.15) is 5.60 Å². The number of carbonyl (C=O) groups is 1. The Kier molecular flexibility index (Phi) is 3.60. The molecular formula is C12H20N4O3. The van der Waals surface area contributed by atoms with Gasteiger partial charge in [-0.3, -0.25) is 0 Å². The van der Waals surface area contributed by atoms with Crippen LogP contribution < -0.4 is 0 Å². The summed E-state index contributed by atoms with van der Waals surface area (Å²) in [5.41, 5.74) is 7.89. The van der Waals surface area contributed by atoms with E-state index in [0.717, 1.165) is 0 Å². The first kappa shape index (κ1) is 14.0. The van der Waals surface area contributed by atoms with Crippen LogP contribution in [0.4, 0.5) is 4.79 Å². The summed E-state index contributed by atoms with van der Waals surface area (Å²) in [4.78, 5) is 16.6. The van der Waals surface area contributed by atoms with Crippen molar-refractivity contribution in [1.82, 2.24) is 4.90 Å². The monoisotopic (exact) mass is 268 g/mol. The van der Waals surface area contributed by atoms with Crippen LogP contribution in [0.3, 0.4) is 0 Å². The van der Waals surface area contributed by atoms with Crippen molar-refractivity contribution >= 4 is 6.09 Å². The van der Waals surface area contributed by atoms with Gasteiger partial charge < -0.3 is 14.4 Å². The molecule has 1 spiro atoms. The summed E-state index contributed by atoms with van der Waals surface area (Å²) < 4.78 is 10.7. The maximum absolute atomic E-state index is 12.1. The number of amides is 1. The molecule has 0 N–H and O–H groups in total. The topological polar surface area (TPSA) is 87.5 Å². The largest absolute Gasteiger partial charge is 0.444 e. The van der Waals surface area contributed by atoms with E-state index in [-0.39, 0.29) is 17.4 Å². The van der Waals surface area contributed by atoms with Crippen molar-refractivity contribution in [2.24, 2.45) is 16.4 Å². The Hall–Kier alpha value is -1.46. The minimum absolute atomic E-state index is 0.0505. The summed E-state index contributed by atoms with van der Waals surface area (Å²) in [6.45, 7) is 8.38. The first-order valence-corrected chi connectivity index (χ1v) is 6.43. The van der Waals surface area contributed by atoms with Crippen molar-refractivity contribution in [3.05, 3.63) is 10.4 Å². The number of nitrogens with zero attached hydrogens (tertiary/aromatic N) is 4. The molecule has 19 heavy (non-hydrogen) atoms. The SMILES string of the molecule is CC(C)(C)OC(=O)N1CC(CN=[N+]=[N-])C2(COC2)C1. The van der Waals surface area contributed by atoms with E-state index >= 15 is 0 Å². The molecule has 2 rings (SSSR count). The number of hydrogen-bond donors (Lipinski definition) is 0. The molecule has 2 saturated heterocycles. The molecule has 0 saturated carbocycles. The van der Waals surface area contributed by atoms with Crippen molar-refractivity contribution in [3.63, 3.8) is 0 Å². The molecular weight excluding hydrogens is 248 g/mol. The minimum atomic E-state index is -0.497. The molecule has 2 aliphatic rings. The van der Waals surface area contributed by atoms with Gasteiger partial charge in [0.15, 0.2) is 0 Å². The fourth-order valence-electron chi connectivity index (χ4n) is 2.58. The Labute approximate surface area is 112 Å². The summed E-state index contributed by atoms with van der Waals surface area (Å²) in [6.07, 6.45) is -0.304. The van der Waals surface area contributed by atoms with E-state index in [2.05, 4.69) is 10.0 Å². The average molecular weight is 268 g/mol. The van der Waals surface area contributed by atoms with Crippen molar-refractivity contribution in [2.45, 2.75) is 26.4 Å². The van der Waals surface area contributed by atoms with E-state index in [1.807, 2.05) is 20.8 Å². The third kappa shape index (κ3) is 2.93. The molecule has 1 amide bonds. The van der Waals surface area contributed by atoms with Gasteiger partial charge in [0.2, 0.25) is 0 Å². The Balaban J connectivity index is 2.02. The molecule has 106 valence electrons. The number of rotatable bonds is 2. The van der Waals surface area contributed by atoms with Gasteiger partial charge >= 0.3 is 6.09 Å². The number of likely N-dealkylation sites (tertiary alicyclic amines) is 1. The summed E-state index contributed by atoms with van der Waals surface area (Å²) in [5.74, 6) is 0.157. The highest BCUT2D eigenvalue weighted by atomic mass is 16.6. The zero-order valence-electron chi connectivity index (χ0n) is 11.6. The van der Waals surface area contributed by atoms with Gasteiger partial charge in [0.05, 0.1) is 13.2 Å². The van der Waals surface area contributed by atoms with Gasteiger partial charge in [0.25, 0.3) is 0 Å². The van der Waals surface area contributed by atoms with Gasteiger partial charge in [0, 0.05) is 30.0 Å². The molecule has 7 nitrogen and oxygen atoms in total. The van der Waals surface area contributed by atoms with E-state index in [4.69, 9.17) is 15.0 Å². The number of azide groups is 1. The molecule has 0 aromatic carbocycles. The molecule has 2 fully saturated rings. The molecule has 2 heterocycles. The zero-order chi connectivity index (χ0) is 14.1. The molecule has 0 aliphatic carbocycles. The third-order valence-electron chi connectivity index (χ3n) is 3.61. The van der Waals surface area contributed by atoms with E-state index in [0.29, 0.717) is 32.8 Å². The molecule has 0 aromatic rings. The van der Waals surface area contributed by atoms with Gasteiger partial charge in [-0.05, 0) is 32.2 Å². The van der Waals surface area contributed by atoms with Crippen molar-refractivity contribution in [1.29, 1.82) is 0 Å². The summed E-state index contributed by atoms with van der Waals surface area (Å²) in [7, 11) is 0. The van der Waals surface area contributed by atoms with Crippen LogP contribution in [0.25, 0.3) is 10.4 Å². The highest BCUT2D eigenvalue weighted by molar-refractivity contribution is 5.68. The standard InChI is InChI=1S/C12H20N4O3/c1-11(2,3)19-10(17)16-5-9(4-14-15-13)12(6-16)7-18-8-12/h9H,4-8H2,1-3H3. The molecule has 1 unspecified atom stereocenters. The Morgan fingerprint density at radius 1 is 1.58 bits per heavy atom. The number of hydrogen-bond acceptors (Lipinski definition) is 4. The van der Waals surface area contributed by atoms with E-state index in [9.17, 15) is 4.79 Å². The van der Waals surface area contributed by atoms with E-state index in [1.165, 1.54) is 0 Å². The normalized spacial score (nSPS) is 24.8. The Bertz CT molecular complexity index is 408. The lowest BCUT2D eigenvalue weighted by Gasteiger charge is -2.41. The quantitative estimate of drug-likeness (QED) is 0.437. The van der Waals surface area contributed by atoms with Gasteiger partial charge in [-0.2, -0.15) is 0 Å². The summed E-state index contributed by atoms with van der Waals surface area (Å²) in [6, 6.07) is 0. The van der Waals surface area contributed by atoms with E-state index in [1.54, 1.807) is 4.90 Å². The van der Waals surface area contributed by atoms with Crippen LogP contribution in [0.2, 0.25) is 0 Å². The lowest BCUT2D eigenvalue weighted by Crippen LogP contribution is -2.50. The molecule has 2 aliphatic heterocycles. The zero-order valence-corrected chi connectivity index (χ0v) is 11.6. The first-order valence-electron chi connectivity index (χ1n) is 6.43. The predicted octanol–water partition coefficient (Wildman–Crippen LogP) is 2.18. The fourth-order valence-corrected chi connectivity index (χ4v) is 2.58. The van der Waals surface area contributed by atoms with Crippen molar-refractivity contribution < 1.29 is 14.3 Å². The molecule has 1 atom stereocenters. The highest BCUT2D eigenvalue weighted by Crippen LogP contribution is 2.42. The van der Waals surface area contributed by atoms with Crippen molar-refractivity contribution in [2.75, 3.05) is 32.8 Å². The van der Waals surface area contributed by atoms with Crippen LogP contribution in [0.5, 0.6) is 0 Å². The molecule has 0 aromatic heterocycles. The second-order valence-corrected chi connectivity index (χ2v) is 6.33. The van der Waals surface area contributed by atoms with E-state index < -0.39 is 5.60 Å². The first-order chi connectivity index (χ1) is 8.86. The lowest BCUT2D eigenvalue weighted by atomic mass is 9.76. The summed E-state index contributed by atoms with van der Waals surface area (Å²) in [5, 5.41) is 3.65. The summed E-state index contributed by atoms with van der Waals surface area (Å²) >= 11 is 0. The number of carbonyl (C=O) groups excluding carboxylic acids is 1. The minimum Gasteiger partial charge on any atom is -0.444 e. The number of ether oxygens (including phenoxy) is 2. The highest BCUT2D eigenvalue weighted by Gasteiger charge is 2.53. The van der Waals surface area contributed by atoms with Crippen LogP contribution in [0.15, 0.2) is 5.11 Å². The second kappa shape index (κ2) is 4.90. The predicted molar refractivity (Wildman–Crippen MR) is 68.6 cm³/mol. The smallest absolute Gasteiger partial charge is 0.410 e. The Morgan fingerprint density at radius 3 is 2.74 bits per heavy atom. The maximum atomic E-state index is 12.1. The van der Waals surface area contributed by atoms with Crippen LogP contribution in [0.1, 0.15) is 20.8 Å². The van der Waals surface area contributed by atoms with Crippen LogP contribution in [-0.2, 0) is 9.47 Å². The van der Waals surface area contributed by atoms with Crippen LogP contribution in [0, 0.1) is 11.3 Å². The Morgan fingerprint density at radius 2 is 2.26 bits per heavy atom.